The summed E-state index contributed by atoms with van der Waals surface area (Å²) >= 11 is 5.82. The highest BCUT2D eigenvalue weighted by Gasteiger charge is 2.24. The summed E-state index contributed by atoms with van der Waals surface area (Å²) in [5.74, 6) is 2.46. The second-order valence-electron chi connectivity index (χ2n) is 4.83. The van der Waals surface area contributed by atoms with Crippen LogP contribution in [0.4, 0.5) is 5.82 Å². The van der Waals surface area contributed by atoms with E-state index in [-0.39, 0.29) is 0 Å². The number of rotatable bonds is 2. The summed E-state index contributed by atoms with van der Waals surface area (Å²) in [6, 6.07) is 2.31. The molecule has 0 bridgehead atoms. The van der Waals surface area contributed by atoms with Gasteiger partial charge in [0.25, 0.3) is 0 Å². The maximum atomic E-state index is 5.82. The second kappa shape index (κ2) is 5.00. The topological polar surface area (TPSA) is 37.8 Å². The van der Waals surface area contributed by atoms with E-state index in [1.54, 1.807) is 6.07 Å². The zero-order valence-corrected chi connectivity index (χ0v) is 10.5. The Labute approximate surface area is 102 Å². The summed E-state index contributed by atoms with van der Waals surface area (Å²) in [6.45, 7) is 4.66. The first kappa shape index (κ1) is 11.6. The maximum Gasteiger partial charge on any atom is 0.134 e. The van der Waals surface area contributed by atoms with Crippen molar-refractivity contribution in [1.82, 2.24) is 9.97 Å². The number of nitrogens with zero attached hydrogens (tertiary/aromatic N) is 2. The fraction of sp³-hybridized carbons (Fsp3) is 0.667. The average molecular weight is 240 g/mol. The number of hydrogen-bond donors (Lipinski definition) is 1. The highest BCUT2D eigenvalue weighted by atomic mass is 35.5. The number of hydrogen-bond acceptors (Lipinski definition) is 3. The molecule has 0 spiro atoms. The van der Waals surface area contributed by atoms with Crippen molar-refractivity contribution in [3.8, 4) is 0 Å². The van der Waals surface area contributed by atoms with Crippen LogP contribution in [0.25, 0.3) is 0 Å². The smallest absolute Gasteiger partial charge is 0.134 e. The van der Waals surface area contributed by atoms with Gasteiger partial charge < -0.3 is 5.32 Å². The molecule has 0 radical (unpaired) electrons. The van der Waals surface area contributed by atoms with Gasteiger partial charge >= 0.3 is 0 Å². The van der Waals surface area contributed by atoms with Gasteiger partial charge in [-0.15, -0.1) is 0 Å². The van der Waals surface area contributed by atoms with Crippen molar-refractivity contribution < 1.29 is 0 Å². The van der Waals surface area contributed by atoms with E-state index in [9.17, 15) is 0 Å². The van der Waals surface area contributed by atoms with E-state index in [1.807, 2.05) is 0 Å². The van der Waals surface area contributed by atoms with Crippen LogP contribution in [-0.4, -0.2) is 16.0 Å². The summed E-state index contributed by atoms with van der Waals surface area (Å²) in [4.78, 5) is 8.05. The van der Waals surface area contributed by atoms with E-state index in [4.69, 9.17) is 11.6 Å². The molecule has 0 saturated heterocycles. The van der Waals surface area contributed by atoms with Crippen LogP contribution < -0.4 is 5.32 Å². The zero-order chi connectivity index (χ0) is 11.5. The third-order valence-corrected chi connectivity index (χ3v) is 3.79. The third kappa shape index (κ3) is 2.85. The minimum absolute atomic E-state index is 0.495. The van der Waals surface area contributed by atoms with Gasteiger partial charge in [-0.2, -0.15) is 0 Å². The molecular weight excluding hydrogens is 222 g/mol. The molecule has 3 atom stereocenters. The van der Waals surface area contributed by atoms with Crippen molar-refractivity contribution in [2.24, 2.45) is 11.8 Å². The summed E-state index contributed by atoms with van der Waals surface area (Å²) < 4.78 is 0. The number of nitrogens with one attached hydrogen (secondary N) is 1. The molecule has 0 aromatic carbocycles. The number of halogens is 1. The van der Waals surface area contributed by atoms with E-state index in [1.165, 1.54) is 25.6 Å². The van der Waals surface area contributed by atoms with E-state index in [2.05, 4.69) is 29.1 Å². The molecule has 1 aromatic rings. The monoisotopic (exact) mass is 239 g/mol. The molecule has 1 N–H and O–H groups in total. The molecular formula is C12H18ClN3. The predicted molar refractivity (Wildman–Crippen MR) is 66.6 cm³/mol. The van der Waals surface area contributed by atoms with Crippen LogP contribution in [0.5, 0.6) is 0 Å². The van der Waals surface area contributed by atoms with Gasteiger partial charge in [0.05, 0.1) is 0 Å². The Hall–Kier alpha value is -0.830. The highest BCUT2D eigenvalue weighted by molar-refractivity contribution is 6.29. The Kier molecular flexibility index (Phi) is 3.64. The SMILES string of the molecule is CC1CCC(Nc2cc(Cl)ncn2)CC1C. The lowest BCUT2D eigenvalue weighted by molar-refractivity contribution is 0.260. The minimum Gasteiger partial charge on any atom is -0.367 e. The first-order chi connectivity index (χ1) is 7.65. The summed E-state index contributed by atoms with van der Waals surface area (Å²) in [6.07, 6.45) is 5.22. The molecule has 1 aromatic heterocycles. The maximum absolute atomic E-state index is 5.82. The first-order valence-electron chi connectivity index (χ1n) is 5.89. The van der Waals surface area contributed by atoms with Gasteiger partial charge in [-0.3, -0.25) is 0 Å². The van der Waals surface area contributed by atoms with Crippen molar-refractivity contribution in [2.45, 2.75) is 39.2 Å². The number of aromatic nitrogens is 2. The normalized spacial score (nSPS) is 30.1. The standard InChI is InChI=1S/C12H18ClN3/c1-8-3-4-10(5-9(8)2)16-12-6-11(13)14-7-15-12/h6-10H,3-5H2,1-2H3,(H,14,15,16). The van der Waals surface area contributed by atoms with E-state index in [0.29, 0.717) is 11.2 Å². The molecule has 1 heterocycles. The van der Waals surface area contributed by atoms with Crippen LogP contribution in [0.1, 0.15) is 33.1 Å². The Morgan fingerprint density at radius 3 is 2.75 bits per heavy atom. The lowest BCUT2D eigenvalue weighted by Gasteiger charge is -2.32. The van der Waals surface area contributed by atoms with E-state index < -0.39 is 0 Å². The van der Waals surface area contributed by atoms with E-state index >= 15 is 0 Å². The molecule has 3 unspecified atom stereocenters. The molecule has 1 fully saturated rings. The molecule has 1 aliphatic rings. The second-order valence-corrected chi connectivity index (χ2v) is 5.22. The van der Waals surface area contributed by atoms with Crippen molar-refractivity contribution >= 4 is 17.4 Å². The Morgan fingerprint density at radius 2 is 2.06 bits per heavy atom. The fourth-order valence-electron chi connectivity index (χ4n) is 2.30. The average Bonchev–Trinajstić information content (AvgIpc) is 2.24. The van der Waals surface area contributed by atoms with Crippen molar-refractivity contribution in [1.29, 1.82) is 0 Å². The molecule has 2 rings (SSSR count). The van der Waals surface area contributed by atoms with Gasteiger partial charge in [0, 0.05) is 12.1 Å². The Balaban J connectivity index is 1.95. The van der Waals surface area contributed by atoms with Crippen LogP contribution in [0.15, 0.2) is 12.4 Å². The van der Waals surface area contributed by atoms with Gasteiger partial charge in [0.15, 0.2) is 0 Å². The highest BCUT2D eigenvalue weighted by Crippen LogP contribution is 2.30. The first-order valence-corrected chi connectivity index (χ1v) is 6.27. The van der Waals surface area contributed by atoms with Crippen molar-refractivity contribution in [3.05, 3.63) is 17.5 Å². The molecule has 3 nitrogen and oxygen atoms in total. The molecule has 88 valence electrons. The predicted octanol–water partition coefficient (Wildman–Crippen LogP) is 3.37. The van der Waals surface area contributed by atoms with Crippen LogP contribution in [0.3, 0.4) is 0 Å². The lowest BCUT2D eigenvalue weighted by atomic mass is 9.79. The largest absolute Gasteiger partial charge is 0.367 e. The zero-order valence-electron chi connectivity index (χ0n) is 9.78. The van der Waals surface area contributed by atoms with Crippen LogP contribution in [-0.2, 0) is 0 Å². The molecule has 1 saturated carbocycles. The van der Waals surface area contributed by atoms with Gasteiger partial charge in [-0.25, -0.2) is 9.97 Å². The quantitative estimate of drug-likeness (QED) is 0.805. The summed E-state index contributed by atoms with van der Waals surface area (Å²) in [5, 5.41) is 3.93. The molecule has 0 amide bonds. The fourth-order valence-corrected chi connectivity index (χ4v) is 2.45. The molecule has 1 aliphatic carbocycles. The summed E-state index contributed by atoms with van der Waals surface area (Å²) in [5.41, 5.74) is 0. The molecule has 0 aliphatic heterocycles. The van der Waals surface area contributed by atoms with Gasteiger partial charge in [-0.05, 0) is 31.1 Å². The lowest BCUT2D eigenvalue weighted by Crippen LogP contribution is -2.30. The number of anilines is 1. The van der Waals surface area contributed by atoms with Gasteiger partial charge in [-0.1, -0.05) is 25.4 Å². The molecule has 4 heteroatoms. The van der Waals surface area contributed by atoms with Gasteiger partial charge in [0.2, 0.25) is 0 Å². The van der Waals surface area contributed by atoms with Crippen molar-refractivity contribution in [2.75, 3.05) is 5.32 Å². The summed E-state index contributed by atoms with van der Waals surface area (Å²) in [7, 11) is 0. The Bertz CT molecular complexity index is 356. The Morgan fingerprint density at radius 1 is 1.25 bits per heavy atom. The van der Waals surface area contributed by atoms with Crippen LogP contribution in [0.2, 0.25) is 5.15 Å². The van der Waals surface area contributed by atoms with Crippen molar-refractivity contribution in [3.63, 3.8) is 0 Å². The van der Waals surface area contributed by atoms with Gasteiger partial charge in [0.1, 0.15) is 17.3 Å². The van der Waals surface area contributed by atoms with Crippen LogP contribution in [0, 0.1) is 11.8 Å². The van der Waals surface area contributed by atoms with Crippen LogP contribution >= 0.6 is 11.6 Å². The molecule has 16 heavy (non-hydrogen) atoms. The minimum atomic E-state index is 0.495. The third-order valence-electron chi connectivity index (χ3n) is 3.58. The van der Waals surface area contributed by atoms with E-state index in [0.717, 1.165) is 17.7 Å².